The number of H-pyrrole nitrogens is 1. The van der Waals surface area contributed by atoms with Crippen LogP contribution in [0.25, 0.3) is 10.9 Å². The number of aromatic amines is 1. The Kier molecular flexibility index (Phi) is 7.87. The van der Waals surface area contributed by atoms with E-state index in [1.807, 2.05) is 26.0 Å². The predicted octanol–water partition coefficient (Wildman–Crippen LogP) is 3.31. The number of hydrogen-bond acceptors (Lipinski definition) is 9. The van der Waals surface area contributed by atoms with Crippen molar-refractivity contribution >= 4 is 16.9 Å². The van der Waals surface area contributed by atoms with E-state index in [-0.39, 0.29) is 24.8 Å². The van der Waals surface area contributed by atoms with Crippen LogP contribution in [0.15, 0.2) is 47.3 Å². The summed E-state index contributed by atoms with van der Waals surface area (Å²) in [4.78, 5) is 30.6. The Bertz CT molecular complexity index is 1510. The van der Waals surface area contributed by atoms with E-state index in [1.165, 1.54) is 4.68 Å². The fraction of sp³-hybridized carbons (Fsp3) is 0.393. The van der Waals surface area contributed by atoms with Gasteiger partial charge in [-0.2, -0.15) is 0 Å². The van der Waals surface area contributed by atoms with Crippen molar-refractivity contribution in [1.29, 1.82) is 0 Å². The van der Waals surface area contributed by atoms with E-state index >= 15 is 0 Å². The van der Waals surface area contributed by atoms with Gasteiger partial charge in [-0.1, -0.05) is 36.8 Å². The molecule has 0 amide bonds. The zero-order valence-corrected chi connectivity index (χ0v) is 22.3. The maximum absolute atomic E-state index is 13.3. The number of carbonyl (C=O) groups excluding carboxylic acids is 1. The Morgan fingerprint density at radius 2 is 1.85 bits per heavy atom. The number of aryl methyl sites for hydroxylation is 1. The van der Waals surface area contributed by atoms with E-state index in [4.69, 9.17) is 14.2 Å². The molecule has 1 unspecified atom stereocenters. The minimum absolute atomic E-state index is 0.0885. The van der Waals surface area contributed by atoms with Crippen molar-refractivity contribution in [2.75, 3.05) is 19.8 Å². The summed E-state index contributed by atoms with van der Waals surface area (Å²) in [7, 11) is 0. The fourth-order valence-electron chi connectivity index (χ4n) is 4.82. The van der Waals surface area contributed by atoms with Crippen molar-refractivity contribution in [3.05, 3.63) is 75.3 Å². The van der Waals surface area contributed by atoms with Gasteiger partial charge in [0.05, 0.1) is 18.2 Å². The number of rotatable bonds is 10. The normalized spacial score (nSPS) is 13.5. The van der Waals surface area contributed by atoms with Crippen LogP contribution in [-0.4, -0.2) is 55.9 Å². The highest BCUT2D eigenvalue weighted by molar-refractivity contribution is 5.83. The average molecular weight is 533 g/mol. The van der Waals surface area contributed by atoms with E-state index < -0.39 is 5.97 Å². The second-order valence-corrected chi connectivity index (χ2v) is 9.52. The smallest absolute Gasteiger partial charge is 0.327 e. The summed E-state index contributed by atoms with van der Waals surface area (Å²) in [5.41, 5.74) is 3.34. The van der Waals surface area contributed by atoms with Crippen molar-refractivity contribution < 1.29 is 19.0 Å². The molecule has 0 bridgehead atoms. The zero-order chi connectivity index (χ0) is 27.4. The highest BCUT2D eigenvalue weighted by Crippen LogP contribution is 2.34. The predicted molar refractivity (Wildman–Crippen MR) is 143 cm³/mol. The van der Waals surface area contributed by atoms with E-state index in [0.717, 1.165) is 16.5 Å². The minimum atomic E-state index is -0.411. The molecule has 1 atom stereocenters. The molecular formula is C28H32N6O5. The Balaban J connectivity index is 1.51. The lowest BCUT2D eigenvalue weighted by Crippen LogP contribution is -2.33. The third kappa shape index (κ3) is 5.93. The minimum Gasteiger partial charge on any atom is -0.486 e. The number of fused-ring (bicyclic) bond motifs is 2. The van der Waals surface area contributed by atoms with Gasteiger partial charge in [0, 0.05) is 30.1 Å². The zero-order valence-electron chi connectivity index (χ0n) is 22.3. The topological polar surface area (TPSA) is 124 Å². The maximum Gasteiger partial charge on any atom is 0.327 e. The monoisotopic (exact) mass is 532 g/mol. The number of pyridine rings is 1. The molecule has 0 fully saturated rings. The Morgan fingerprint density at radius 1 is 1.10 bits per heavy atom. The van der Waals surface area contributed by atoms with Crippen LogP contribution in [0.4, 0.5) is 0 Å². The number of benzene rings is 2. The number of carbonyl (C=O) groups is 1. The van der Waals surface area contributed by atoms with Crippen molar-refractivity contribution in [3.63, 3.8) is 0 Å². The number of aromatic nitrogens is 5. The van der Waals surface area contributed by atoms with E-state index in [0.29, 0.717) is 61.1 Å². The van der Waals surface area contributed by atoms with Crippen LogP contribution in [0.3, 0.4) is 0 Å². The second kappa shape index (κ2) is 11.6. The summed E-state index contributed by atoms with van der Waals surface area (Å²) in [6.07, 6.45) is 0.652. The molecule has 0 aliphatic carbocycles. The molecule has 1 aliphatic heterocycles. The molecule has 204 valence electrons. The van der Waals surface area contributed by atoms with E-state index in [9.17, 15) is 9.59 Å². The molecule has 39 heavy (non-hydrogen) atoms. The molecule has 4 aromatic rings. The number of nitrogens with one attached hydrogen (secondary N) is 1. The lowest BCUT2D eigenvalue weighted by molar-refractivity contribution is -0.144. The van der Waals surface area contributed by atoms with Gasteiger partial charge < -0.3 is 19.2 Å². The maximum atomic E-state index is 13.3. The third-order valence-electron chi connectivity index (χ3n) is 6.73. The Morgan fingerprint density at radius 3 is 2.56 bits per heavy atom. The number of nitrogens with zero attached hydrogens (tertiary/aromatic N) is 5. The van der Waals surface area contributed by atoms with Gasteiger partial charge in [-0.05, 0) is 48.4 Å². The lowest BCUT2D eigenvalue weighted by Gasteiger charge is -2.30. The van der Waals surface area contributed by atoms with Gasteiger partial charge in [0.25, 0.3) is 5.56 Å². The first-order valence-electron chi connectivity index (χ1n) is 13.1. The van der Waals surface area contributed by atoms with Crippen LogP contribution < -0.4 is 15.0 Å². The molecule has 1 aliphatic rings. The third-order valence-corrected chi connectivity index (χ3v) is 6.73. The number of tetrazole rings is 1. The SMILES string of the molecule is CCOC(=O)Cn1nnnc1C(CC)N(Cc1ccc(C)cc1)Cc1cc2cc3c(cc2[nH]c1=O)OCCO3. The van der Waals surface area contributed by atoms with Crippen molar-refractivity contribution in [1.82, 2.24) is 30.1 Å². The molecule has 0 radical (unpaired) electrons. The standard InChI is InChI=1S/C28H32N6O5/c1-4-23(27-30-31-32-34(27)17-26(35)37-5-2)33(15-19-8-6-18(3)7-9-19)16-21-12-20-13-24-25(39-11-10-38-24)14-22(20)29-28(21)36/h6-9,12-14,23H,4-5,10-11,15-17H2,1-3H3,(H,29,36). The summed E-state index contributed by atoms with van der Waals surface area (Å²) in [5.74, 6) is 1.41. The molecule has 11 nitrogen and oxygen atoms in total. The van der Waals surface area contributed by atoms with Gasteiger partial charge in [0.15, 0.2) is 17.3 Å². The fourth-order valence-corrected chi connectivity index (χ4v) is 4.82. The van der Waals surface area contributed by atoms with Gasteiger partial charge in [-0.25, -0.2) is 4.68 Å². The number of hydrogen-bond donors (Lipinski definition) is 1. The first-order chi connectivity index (χ1) is 18.9. The average Bonchev–Trinajstić information content (AvgIpc) is 3.37. The molecule has 11 heteroatoms. The van der Waals surface area contributed by atoms with Gasteiger partial charge in [-0.3, -0.25) is 14.5 Å². The lowest BCUT2D eigenvalue weighted by atomic mass is 10.1. The molecule has 2 aromatic heterocycles. The Labute approximate surface area is 225 Å². The van der Waals surface area contributed by atoms with E-state index in [1.54, 1.807) is 13.0 Å². The van der Waals surface area contributed by atoms with Crippen LogP contribution in [0.5, 0.6) is 11.5 Å². The molecular weight excluding hydrogens is 500 g/mol. The van der Waals surface area contributed by atoms with Crippen molar-refractivity contribution in [3.8, 4) is 11.5 Å². The summed E-state index contributed by atoms with van der Waals surface area (Å²) >= 11 is 0. The van der Waals surface area contributed by atoms with Crippen LogP contribution in [-0.2, 0) is 29.2 Å². The highest BCUT2D eigenvalue weighted by atomic mass is 16.6. The van der Waals surface area contributed by atoms with Crippen LogP contribution in [0.2, 0.25) is 0 Å². The molecule has 3 heterocycles. The van der Waals surface area contributed by atoms with Crippen LogP contribution in [0.1, 0.15) is 48.8 Å². The largest absolute Gasteiger partial charge is 0.486 e. The molecule has 0 spiro atoms. The second-order valence-electron chi connectivity index (χ2n) is 9.52. The van der Waals surface area contributed by atoms with Crippen molar-refractivity contribution in [2.24, 2.45) is 0 Å². The first kappa shape index (κ1) is 26.4. The number of ether oxygens (including phenoxy) is 3. The number of esters is 1. The molecule has 0 saturated heterocycles. The molecule has 1 N–H and O–H groups in total. The molecule has 2 aromatic carbocycles. The molecule has 5 rings (SSSR count). The first-order valence-corrected chi connectivity index (χ1v) is 13.1. The van der Waals surface area contributed by atoms with Crippen LogP contribution >= 0.6 is 0 Å². The summed E-state index contributed by atoms with van der Waals surface area (Å²) in [6, 6.07) is 13.6. The van der Waals surface area contributed by atoms with Gasteiger partial charge in [0.2, 0.25) is 0 Å². The quantitative estimate of drug-likeness (QED) is 0.306. The summed E-state index contributed by atoms with van der Waals surface area (Å²) in [6.45, 7) is 7.86. The summed E-state index contributed by atoms with van der Waals surface area (Å²) < 4.78 is 18.0. The van der Waals surface area contributed by atoms with Crippen LogP contribution in [0, 0.1) is 6.92 Å². The summed E-state index contributed by atoms with van der Waals surface area (Å²) in [5, 5.41) is 13.0. The van der Waals surface area contributed by atoms with Crippen molar-refractivity contribution in [2.45, 2.75) is 52.9 Å². The van der Waals surface area contributed by atoms with Gasteiger partial charge in [-0.15, -0.1) is 5.10 Å². The Hall–Kier alpha value is -4.25. The van der Waals surface area contributed by atoms with E-state index in [2.05, 4.69) is 49.7 Å². The van der Waals surface area contributed by atoms with Gasteiger partial charge in [0.1, 0.15) is 19.8 Å². The van der Waals surface area contributed by atoms with Gasteiger partial charge >= 0.3 is 5.97 Å². The molecule has 0 saturated carbocycles. The highest BCUT2D eigenvalue weighted by Gasteiger charge is 2.27.